The van der Waals surface area contributed by atoms with E-state index in [4.69, 9.17) is 10.8 Å². The molecule has 13 heavy (non-hydrogen) atoms. The summed E-state index contributed by atoms with van der Waals surface area (Å²) < 4.78 is 4.58. The van der Waals surface area contributed by atoms with Gasteiger partial charge in [-0.1, -0.05) is 0 Å². The molecule has 1 aliphatic heterocycles. The number of amides is 1. The zero-order chi connectivity index (χ0) is 9.84. The Kier molecular flexibility index (Phi) is 3.50. The first-order chi connectivity index (χ1) is 6.19. The molecular weight excluding hydrogens is 172 g/mol. The van der Waals surface area contributed by atoms with Crippen LogP contribution in [-0.2, 0) is 4.74 Å². The van der Waals surface area contributed by atoms with Gasteiger partial charge >= 0.3 is 6.09 Å². The van der Waals surface area contributed by atoms with Crippen LogP contribution < -0.4 is 5.73 Å². The van der Waals surface area contributed by atoms with E-state index in [0.717, 1.165) is 6.42 Å². The Morgan fingerprint density at radius 3 is 3.08 bits per heavy atom. The summed E-state index contributed by atoms with van der Waals surface area (Å²) in [6, 6.07) is -0.227. The summed E-state index contributed by atoms with van der Waals surface area (Å²) in [4.78, 5) is 12.7. The van der Waals surface area contributed by atoms with Crippen LogP contribution in [0.3, 0.4) is 0 Å². The number of aliphatic hydroxyl groups excluding tert-OH is 1. The highest BCUT2D eigenvalue weighted by atomic mass is 16.5. The minimum atomic E-state index is -0.312. The number of carbonyl (C=O) groups is 1. The SMILES string of the molecule is COC(=O)N1CCC(C(N)CO)C1. The number of likely N-dealkylation sites (tertiary alicyclic amines) is 1. The van der Waals surface area contributed by atoms with E-state index in [-0.39, 0.29) is 24.7 Å². The molecule has 0 aromatic rings. The molecular formula is C8H16N2O3. The molecule has 0 spiro atoms. The summed E-state index contributed by atoms with van der Waals surface area (Å²) in [6.07, 6.45) is 0.532. The molecule has 3 N–H and O–H groups in total. The van der Waals surface area contributed by atoms with Crippen molar-refractivity contribution in [2.24, 2.45) is 11.7 Å². The molecule has 0 aromatic carbocycles. The molecule has 0 bridgehead atoms. The topological polar surface area (TPSA) is 75.8 Å². The minimum absolute atomic E-state index is 0.0281. The second-order valence-corrected chi connectivity index (χ2v) is 3.31. The average molecular weight is 188 g/mol. The van der Waals surface area contributed by atoms with E-state index >= 15 is 0 Å². The van der Waals surface area contributed by atoms with Crippen LogP contribution in [0.5, 0.6) is 0 Å². The molecule has 0 radical (unpaired) electrons. The fourth-order valence-electron chi connectivity index (χ4n) is 1.58. The van der Waals surface area contributed by atoms with Gasteiger partial charge in [-0.2, -0.15) is 0 Å². The van der Waals surface area contributed by atoms with Crippen molar-refractivity contribution in [3.8, 4) is 0 Å². The highest BCUT2D eigenvalue weighted by molar-refractivity contribution is 5.67. The van der Waals surface area contributed by atoms with E-state index in [1.807, 2.05) is 0 Å². The normalized spacial score (nSPS) is 24.5. The molecule has 0 aromatic heterocycles. The maximum atomic E-state index is 11.1. The van der Waals surface area contributed by atoms with Crippen molar-refractivity contribution in [2.75, 3.05) is 26.8 Å². The van der Waals surface area contributed by atoms with Crippen LogP contribution in [0.15, 0.2) is 0 Å². The maximum Gasteiger partial charge on any atom is 0.409 e. The lowest BCUT2D eigenvalue weighted by molar-refractivity contribution is 0.129. The molecule has 5 heteroatoms. The van der Waals surface area contributed by atoms with Crippen LogP contribution in [-0.4, -0.2) is 48.9 Å². The highest BCUT2D eigenvalue weighted by Gasteiger charge is 2.30. The number of nitrogens with zero attached hydrogens (tertiary/aromatic N) is 1. The van der Waals surface area contributed by atoms with Gasteiger partial charge < -0.3 is 20.5 Å². The zero-order valence-corrected chi connectivity index (χ0v) is 7.77. The predicted molar refractivity (Wildman–Crippen MR) is 47.1 cm³/mol. The third kappa shape index (κ3) is 2.32. The summed E-state index contributed by atoms with van der Waals surface area (Å²) in [5, 5.41) is 8.82. The Morgan fingerprint density at radius 2 is 2.54 bits per heavy atom. The van der Waals surface area contributed by atoms with Gasteiger partial charge in [0, 0.05) is 19.1 Å². The highest BCUT2D eigenvalue weighted by Crippen LogP contribution is 2.18. The summed E-state index contributed by atoms with van der Waals surface area (Å²) in [6.45, 7) is 1.24. The van der Waals surface area contributed by atoms with Crippen molar-refractivity contribution < 1.29 is 14.6 Å². The molecule has 0 saturated carbocycles. The third-order valence-electron chi connectivity index (χ3n) is 2.47. The van der Waals surface area contributed by atoms with Gasteiger partial charge in [0.25, 0.3) is 0 Å². The molecule has 76 valence electrons. The number of aliphatic hydroxyl groups is 1. The Hall–Kier alpha value is -0.810. The van der Waals surface area contributed by atoms with Crippen molar-refractivity contribution in [3.63, 3.8) is 0 Å². The quantitative estimate of drug-likeness (QED) is 0.606. The maximum absolute atomic E-state index is 11.1. The van der Waals surface area contributed by atoms with Crippen LogP contribution in [0.25, 0.3) is 0 Å². The lowest BCUT2D eigenvalue weighted by Crippen LogP contribution is -2.36. The molecule has 2 atom stereocenters. The second kappa shape index (κ2) is 4.43. The molecule has 1 rings (SSSR count). The number of methoxy groups -OCH3 is 1. The summed E-state index contributed by atoms with van der Waals surface area (Å²) >= 11 is 0. The van der Waals surface area contributed by atoms with Crippen LogP contribution in [0.1, 0.15) is 6.42 Å². The van der Waals surface area contributed by atoms with Crippen molar-refractivity contribution in [3.05, 3.63) is 0 Å². The van der Waals surface area contributed by atoms with E-state index in [2.05, 4.69) is 4.74 Å². The fourth-order valence-corrected chi connectivity index (χ4v) is 1.58. The summed E-state index contributed by atoms with van der Waals surface area (Å²) in [7, 11) is 1.36. The number of ether oxygens (including phenoxy) is 1. The van der Waals surface area contributed by atoms with Gasteiger partial charge in [0.2, 0.25) is 0 Å². The number of nitrogens with two attached hydrogens (primary N) is 1. The largest absolute Gasteiger partial charge is 0.453 e. The van der Waals surface area contributed by atoms with Crippen molar-refractivity contribution in [1.82, 2.24) is 4.90 Å². The number of rotatable bonds is 2. The van der Waals surface area contributed by atoms with Crippen molar-refractivity contribution in [1.29, 1.82) is 0 Å². The van der Waals surface area contributed by atoms with Crippen LogP contribution in [0.2, 0.25) is 0 Å². The van der Waals surface area contributed by atoms with E-state index in [1.165, 1.54) is 7.11 Å². The van der Waals surface area contributed by atoms with Gasteiger partial charge in [-0.15, -0.1) is 0 Å². The molecule has 1 heterocycles. The standard InChI is InChI=1S/C8H16N2O3/c1-13-8(12)10-3-2-6(4-10)7(9)5-11/h6-7,11H,2-5,9H2,1H3. The van der Waals surface area contributed by atoms with Gasteiger partial charge in [0.15, 0.2) is 0 Å². The Labute approximate surface area is 77.5 Å². The molecule has 1 fully saturated rings. The Bertz CT molecular complexity index is 186. The van der Waals surface area contributed by atoms with Crippen LogP contribution in [0, 0.1) is 5.92 Å². The fraction of sp³-hybridized carbons (Fsp3) is 0.875. The first-order valence-corrected chi connectivity index (χ1v) is 4.38. The molecule has 0 aliphatic carbocycles. The smallest absolute Gasteiger partial charge is 0.409 e. The first kappa shape index (κ1) is 10.3. The number of carbonyl (C=O) groups excluding carboxylic acids is 1. The van der Waals surface area contributed by atoms with Gasteiger partial charge in [-0.3, -0.25) is 0 Å². The van der Waals surface area contributed by atoms with Gasteiger partial charge in [0.05, 0.1) is 13.7 Å². The number of hydrogen-bond donors (Lipinski definition) is 2. The van der Waals surface area contributed by atoms with Crippen LogP contribution >= 0.6 is 0 Å². The summed E-state index contributed by atoms with van der Waals surface area (Å²) in [5.74, 6) is 0.198. The predicted octanol–water partition coefficient (Wildman–Crippen LogP) is -0.606. The van der Waals surface area contributed by atoms with E-state index in [0.29, 0.717) is 13.1 Å². The molecule has 1 saturated heterocycles. The first-order valence-electron chi connectivity index (χ1n) is 4.38. The molecule has 1 amide bonds. The second-order valence-electron chi connectivity index (χ2n) is 3.31. The van der Waals surface area contributed by atoms with Gasteiger partial charge in [-0.05, 0) is 12.3 Å². The van der Waals surface area contributed by atoms with Crippen molar-refractivity contribution in [2.45, 2.75) is 12.5 Å². The minimum Gasteiger partial charge on any atom is -0.453 e. The monoisotopic (exact) mass is 188 g/mol. The van der Waals surface area contributed by atoms with E-state index in [9.17, 15) is 4.79 Å². The number of hydrogen-bond acceptors (Lipinski definition) is 4. The van der Waals surface area contributed by atoms with Gasteiger partial charge in [0.1, 0.15) is 0 Å². The van der Waals surface area contributed by atoms with Gasteiger partial charge in [-0.25, -0.2) is 4.79 Å². The average Bonchev–Trinajstić information content (AvgIpc) is 2.64. The van der Waals surface area contributed by atoms with Crippen molar-refractivity contribution >= 4 is 6.09 Å². The molecule has 5 nitrogen and oxygen atoms in total. The molecule has 1 aliphatic rings. The summed E-state index contributed by atoms with van der Waals surface area (Å²) in [5.41, 5.74) is 5.65. The third-order valence-corrected chi connectivity index (χ3v) is 2.47. The van der Waals surface area contributed by atoms with Crippen LogP contribution in [0.4, 0.5) is 4.79 Å². The zero-order valence-electron chi connectivity index (χ0n) is 7.77. The Balaban J connectivity index is 2.40. The lowest BCUT2D eigenvalue weighted by atomic mass is 10.0. The van der Waals surface area contributed by atoms with E-state index < -0.39 is 0 Å². The lowest BCUT2D eigenvalue weighted by Gasteiger charge is -2.17. The Morgan fingerprint density at radius 1 is 1.85 bits per heavy atom. The van der Waals surface area contributed by atoms with E-state index in [1.54, 1.807) is 4.90 Å². The molecule has 2 unspecified atom stereocenters.